The summed E-state index contributed by atoms with van der Waals surface area (Å²) in [5.74, 6) is 0. The SMILES string of the molecule is Cc1ccc(N(C)C(=O)Cl)c([N+](=O)[O-])c1. The highest BCUT2D eigenvalue weighted by Gasteiger charge is 2.19. The molecule has 0 saturated carbocycles. The monoisotopic (exact) mass is 228 g/mol. The number of rotatable bonds is 2. The Morgan fingerprint density at radius 1 is 1.53 bits per heavy atom. The van der Waals surface area contributed by atoms with E-state index in [0.29, 0.717) is 0 Å². The third-order valence-corrected chi connectivity index (χ3v) is 2.21. The number of benzene rings is 1. The van der Waals surface area contributed by atoms with Gasteiger partial charge in [-0.3, -0.25) is 19.8 Å². The lowest BCUT2D eigenvalue weighted by Crippen LogP contribution is -2.20. The first-order chi connectivity index (χ1) is 6.93. The number of carbonyl (C=O) groups excluding carboxylic acids is 1. The van der Waals surface area contributed by atoms with E-state index in [4.69, 9.17) is 11.6 Å². The molecule has 1 rings (SSSR count). The molecule has 0 atom stereocenters. The molecule has 5 nitrogen and oxygen atoms in total. The van der Waals surface area contributed by atoms with Crippen LogP contribution in [0.3, 0.4) is 0 Å². The Bertz CT molecular complexity index is 420. The highest BCUT2D eigenvalue weighted by atomic mass is 35.5. The molecule has 0 aromatic heterocycles. The second-order valence-electron chi connectivity index (χ2n) is 3.06. The molecule has 0 N–H and O–H groups in total. The number of anilines is 1. The predicted octanol–water partition coefficient (Wildman–Crippen LogP) is 2.70. The molecular formula is C9H9ClN2O3. The summed E-state index contributed by atoms with van der Waals surface area (Å²) < 4.78 is 0. The minimum atomic E-state index is -0.762. The van der Waals surface area contributed by atoms with Crippen LogP contribution in [0.1, 0.15) is 5.56 Å². The fourth-order valence-electron chi connectivity index (χ4n) is 1.16. The smallest absolute Gasteiger partial charge is 0.296 e. The van der Waals surface area contributed by atoms with Gasteiger partial charge in [-0.25, -0.2) is 0 Å². The first kappa shape index (κ1) is 11.5. The standard InChI is InChI=1S/C9H9ClN2O3/c1-6-3-4-7(11(2)9(10)13)8(5-6)12(14)15/h3-5H,1-2H3. The number of amides is 1. The van der Waals surface area contributed by atoms with Gasteiger partial charge in [0.25, 0.3) is 5.69 Å². The highest BCUT2D eigenvalue weighted by molar-refractivity contribution is 6.66. The van der Waals surface area contributed by atoms with Crippen LogP contribution in [0.2, 0.25) is 0 Å². The molecule has 0 radical (unpaired) electrons. The quantitative estimate of drug-likeness (QED) is 0.338. The van der Waals surface area contributed by atoms with E-state index in [0.717, 1.165) is 10.5 Å². The lowest BCUT2D eigenvalue weighted by molar-refractivity contribution is -0.384. The maximum atomic E-state index is 10.9. The van der Waals surface area contributed by atoms with Crippen LogP contribution in [-0.4, -0.2) is 17.3 Å². The molecule has 0 fully saturated rings. The lowest BCUT2D eigenvalue weighted by Gasteiger charge is -2.13. The average molecular weight is 229 g/mol. The van der Waals surface area contributed by atoms with E-state index in [1.165, 1.54) is 19.2 Å². The molecule has 80 valence electrons. The van der Waals surface area contributed by atoms with Gasteiger partial charge in [0.1, 0.15) is 5.69 Å². The fourth-order valence-corrected chi connectivity index (χ4v) is 1.25. The van der Waals surface area contributed by atoms with Crippen molar-refractivity contribution < 1.29 is 9.72 Å². The Balaban J connectivity index is 3.28. The Kier molecular flexibility index (Phi) is 3.26. The van der Waals surface area contributed by atoms with E-state index in [1.807, 2.05) is 0 Å². The van der Waals surface area contributed by atoms with Gasteiger partial charge in [-0.05, 0) is 30.2 Å². The molecule has 0 saturated heterocycles. The van der Waals surface area contributed by atoms with Crippen molar-refractivity contribution in [2.24, 2.45) is 0 Å². The van der Waals surface area contributed by atoms with E-state index in [2.05, 4.69) is 0 Å². The largest absolute Gasteiger partial charge is 0.320 e. The Labute approximate surface area is 91.4 Å². The molecule has 1 aromatic rings. The summed E-state index contributed by atoms with van der Waals surface area (Å²) >= 11 is 5.24. The van der Waals surface area contributed by atoms with Crippen molar-refractivity contribution in [2.75, 3.05) is 11.9 Å². The van der Waals surface area contributed by atoms with Crippen molar-refractivity contribution in [3.8, 4) is 0 Å². The van der Waals surface area contributed by atoms with Crippen molar-refractivity contribution in [1.82, 2.24) is 0 Å². The number of hydrogen-bond donors (Lipinski definition) is 0. The van der Waals surface area contributed by atoms with Gasteiger partial charge in [-0.15, -0.1) is 0 Å². The molecule has 0 unspecified atom stereocenters. The zero-order chi connectivity index (χ0) is 11.6. The Hall–Kier alpha value is -1.62. The zero-order valence-electron chi connectivity index (χ0n) is 8.23. The zero-order valence-corrected chi connectivity index (χ0v) is 8.99. The summed E-state index contributed by atoms with van der Waals surface area (Å²) in [5.41, 5.74) is 0.804. The van der Waals surface area contributed by atoms with Gasteiger partial charge in [-0.2, -0.15) is 0 Å². The van der Waals surface area contributed by atoms with E-state index in [-0.39, 0.29) is 11.4 Å². The van der Waals surface area contributed by atoms with Gasteiger partial charge in [0, 0.05) is 13.1 Å². The van der Waals surface area contributed by atoms with E-state index in [9.17, 15) is 14.9 Å². The minimum absolute atomic E-state index is 0.133. The number of carbonyl (C=O) groups is 1. The van der Waals surface area contributed by atoms with Crippen LogP contribution < -0.4 is 4.90 Å². The molecule has 0 aliphatic carbocycles. The topological polar surface area (TPSA) is 63.5 Å². The van der Waals surface area contributed by atoms with Crippen LogP contribution >= 0.6 is 11.6 Å². The Morgan fingerprint density at radius 2 is 2.13 bits per heavy atom. The minimum Gasteiger partial charge on any atom is -0.296 e. The van der Waals surface area contributed by atoms with Gasteiger partial charge >= 0.3 is 5.37 Å². The first-order valence-electron chi connectivity index (χ1n) is 4.11. The van der Waals surface area contributed by atoms with E-state index in [1.54, 1.807) is 13.0 Å². The van der Waals surface area contributed by atoms with E-state index < -0.39 is 10.3 Å². The van der Waals surface area contributed by atoms with Gasteiger partial charge < -0.3 is 0 Å². The molecule has 0 spiro atoms. The van der Waals surface area contributed by atoms with Gasteiger partial charge in [0.15, 0.2) is 0 Å². The third-order valence-electron chi connectivity index (χ3n) is 1.95. The fraction of sp³-hybridized carbons (Fsp3) is 0.222. The van der Waals surface area contributed by atoms with Gasteiger partial charge in [0.05, 0.1) is 4.92 Å². The normalized spacial score (nSPS) is 9.80. The predicted molar refractivity (Wildman–Crippen MR) is 57.5 cm³/mol. The van der Waals surface area contributed by atoms with Crippen LogP contribution in [-0.2, 0) is 0 Å². The summed E-state index contributed by atoms with van der Waals surface area (Å²) in [6.45, 7) is 1.74. The maximum Gasteiger partial charge on any atom is 0.320 e. The van der Waals surface area contributed by atoms with Gasteiger partial charge in [0.2, 0.25) is 0 Å². The summed E-state index contributed by atoms with van der Waals surface area (Å²) in [7, 11) is 1.38. The second-order valence-corrected chi connectivity index (χ2v) is 3.38. The number of nitro groups is 1. The average Bonchev–Trinajstić information content (AvgIpc) is 2.16. The molecule has 0 aliphatic rings. The van der Waals surface area contributed by atoms with Crippen LogP contribution in [0.5, 0.6) is 0 Å². The van der Waals surface area contributed by atoms with Gasteiger partial charge in [-0.1, -0.05) is 6.07 Å². The van der Waals surface area contributed by atoms with Crippen molar-refractivity contribution in [3.63, 3.8) is 0 Å². The molecule has 1 aromatic carbocycles. The van der Waals surface area contributed by atoms with Crippen molar-refractivity contribution in [3.05, 3.63) is 33.9 Å². The molecule has 0 heterocycles. The number of nitrogens with zero attached hydrogens (tertiary/aromatic N) is 2. The summed E-state index contributed by atoms with van der Waals surface area (Å²) in [6, 6.07) is 4.57. The number of hydrogen-bond acceptors (Lipinski definition) is 3. The molecule has 1 amide bonds. The third kappa shape index (κ3) is 2.44. The van der Waals surface area contributed by atoms with Crippen LogP contribution in [0.4, 0.5) is 16.2 Å². The highest BCUT2D eigenvalue weighted by Crippen LogP contribution is 2.28. The Morgan fingerprint density at radius 3 is 2.60 bits per heavy atom. The van der Waals surface area contributed by atoms with Crippen LogP contribution in [0, 0.1) is 17.0 Å². The van der Waals surface area contributed by atoms with Crippen molar-refractivity contribution in [1.29, 1.82) is 0 Å². The summed E-state index contributed by atoms with van der Waals surface area (Å²) in [6.07, 6.45) is 0. The lowest BCUT2D eigenvalue weighted by atomic mass is 10.2. The molecule has 0 aliphatic heterocycles. The number of halogens is 1. The van der Waals surface area contributed by atoms with Crippen molar-refractivity contribution >= 4 is 28.3 Å². The molecule has 15 heavy (non-hydrogen) atoms. The number of nitro benzene ring substituents is 1. The summed E-state index contributed by atoms with van der Waals surface area (Å²) in [5, 5.41) is 9.96. The summed E-state index contributed by atoms with van der Waals surface area (Å²) in [4.78, 5) is 22.1. The van der Waals surface area contributed by atoms with Crippen molar-refractivity contribution in [2.45, 2.75) is 6.92 Å². The van der Waals surface area contributed by atoms with Crippen LogP contribution in [0.25, 0.3) is 0 Å². The maximum absolute atomic E-state index is 10.9. The van der Waals surface area contributed by atoms with Crippen LogP contribution in [0.15, 0.2) is 18.2 Å². The van der Waals surface area contributed by atoms with E-state index >= 15 is 0 Å². The second kappa shape index (κ2) is 4.27. The first-order valence-corrected chi connectivity index (χ1v) is 4.49. The number of aryl methyl sites for hydroxylation is 1. The molecular weight excluding hydrogens is 220 g/mol. The molecule has 0 bridgehead atoms. The molecule has 6 heteroatoms.